The fourth-order valence-corrected chi connectivity index (χ4v) is 9.17. The van der Waals surface area contributed by atoms with E-state index in [0.717, 1.165) is 95.2 Å². The van der Waals surface area contributed by atoms with Crippen LogP contribution >= 0.6 is 0 Å². The number of phenolic OH excluding ortho intramolecular Hbond substituents is 2. The molecule has 5 atom stereocenters. The summed E-state index contributed by atoms with van der Waals surface area (Å²) in [6.07, 6.45) is 15.9. The third kappa shape index (κ3) is 29.0. The Hall–Kier alpha value is -6.48. The molecular weight excluding hydrogens is 1070 g/mol. The summed E-state index contributed by atoms with van der Waals surface area (Å²) >= 11 is 0. The fraction of sp³-hybridized carbons (Fsp3) is 0.500. The number of phenols is 2. The lowest BCUT2D eigenvalue weighted by Crippen LogP contribution is -2.25. The lowest BCUT2D eigenvalue weighted by Gasteiger charge is -2.17. The van der Waals surface area contributed by atoms with Crippen LogP contribution in [0.4, 0.5) is 0 Å². The van der Waals surface area contributed by atoms with Gasteiger partial charge in [-0.15, -0.1) is 0 Å². The third-order valence-corrected chi connectivity index (χ3v) is 14.4. The molecule has 4 heterocycles. The highest BCUT2D eigenvalue weighted by Crippen LogP contribution is 2.32. The van der Waals surface area contributed by atoms with E-state index in [1.165, 1.54) is 81.8 Å². The van der Waals surface area contributed by atoms with Crippen molar-refractivity contribution in [1.82, 2.24) is 0 Å². The zero-order chi connectivity index (χ0) is 58.6. The number of hydrogen-bond donors (Lipinski definition) is 3. The lowest BCUT2D eigenvalue weighted by atomic mass is 9.88. The normalized spacial score (nSPS) is 16.8. The van der Waals surface area contributed by atoms with E-state index < -0.39 is 6.10 Å². The molecule has 0 aromatic heterocycles. The number of benzene rings is 6. The highest BCUT2D eigenvalue weighted by molar-refractivity contribution is 5.46. The average molecular weight is 1170 g/mol. The van der Waals surface area contributed by atoms with Crippen molar-refractivity contribution in [2.45, 2.75) is 170 Å². The highest BCUT2D eigenvalue weighted by Gasteiger charge is 2.26. The summed E-state index contributed by atoms with van der Waals surface area (Å²) in [5.74, 6) is 6.22. The van der Waals surface area contributed by atoms with E-state index in [1.807, 2.05) is 126 Å². The predicted molar refractivity (Wildman–Crippen MR) is 340 cm³/mol. The van der Waals surface area contributed by atoms with Crippen molar-refractivity contribution >= 4 is 0 Å². The van der Waals surface area contributed by atoms with Gasteiger partial charge >= 0.3 is 0 Å². The number of unbranched alkanes of at least 4 members (excludes halogenated alkanes) is 7. The number of aliphatic hydroxyl groups is 1. The predicted octanol–water partition coefficient (Wildman–Crippen LogP) is 15.5. The van der Waals surface area contributed by atoms with Crippen molar-refractivity contribution in [1.29, 1.82) is 0 Å². The Morgan fingerprint density at radius 3 is 1.39 bits per heavy atom. The molecule has 5 unspecified atom stereocenters. The number of aromatic hydroxyl groups is 2. The van der Waals surface area contributed by atoms with Gasteiger partial charge in [-0.2, -0.15) is 0 Å². The Balaban J connectivity index is 0.000000216. The van der Waals surface area contributed by atoms with Crippen LogP contribution in [-0.4, -0.2) is 112 Å². The van der Waals surface area contributed by atoms with Gasteiger partial charge in [0.2, 0.25) is 0 Å². The molecule has 0 amide bonds. The van der Waals surface area contributed by atoms with Gasteiger partial charge in [0.1, 0.15) is 116 Å². The Morgan fingerprint density at radius 2 is 0.882 bits per heavy atom. The maximum Gasteiger partial charge on any atom is 0.126 e. The minimum absolute atomic E-state index is 0. The number of hydrogen-bond acceptors (Lipinski definition) is 13. The molecule has 0 radical (unpaired) electrons. The van der Waals surface area contributed by atoms with Crippen LogP contribution in [-0.2, 0) is 25.4 Å². The maximum atomic E-state index is 9.86. The number of epoxide rings is 4. The van der Waals surface area contributed by atoms with Crippen LogP contribution in [0.15, 0.2) is 127 Å². The summed E-state index contributed by atoms with van der Waals surface area (Å²) in [4.78, 5) is 0. The Morgan fingerprint density at radius 1 is 0.447 bits per heavy atom. The number of rotatable bonds is 32. The van der Waals surface area contributed by atoms with Gasteiger partial charge in [0.05, 0.1) is 26.4 Å². The van der Waals surface area contributed by atoms with E-state index in [-0.39, 0.29) is 52.1 Å². The summed E-state index contributed by atoms with van der Waals surface area (Å²) in [6.45, 7) is 18.3. The molecule has 0 spiro atoms. The van der Waals surface area contributed by atoms with E-state index >= 15 is 0 Å². The monoisotopic (exact) mass is 1170 g/mol. The van der Waals surface area contributed by atoms with Crippen LogP contribution in [0.2, 0.25) is 0 Å². The molecule has 0 saturated carbocycles. The van der Waals surface area contributed by atoms with Crippen LogP contribution in [0, 0.1) is 34.6 Å². The molecule has 466 valence electrons. The first-order valence-corrected chi connectivity index (χ1v) is 30.2. The Kier molecular flexibility index (Phi) is 30.8. The summed E-state index contributed by atoms with van der Waals surface area (Å²) in [6, 6.07) is 41.5. The molecule has 4 aliphatic heterocycles. The van der Waals surface area contributed by atoms with Crippen molar-refractivity contribution in [3.63, 3.8) is 0 Å². The van der Waals surface area contributed by atoms with Gasteiger partial charge in [-0.05, 0) is 172 Å². The van der Waals surface area contributed by atoms with Crippen LogP contribution in [0.1, 0.15) is 137 Å². The van der Waals surface area contributed by atoms with Gasteiger partial charge < -0.3 is 62.7 Å². The van der Waals surface area contributed by atoms with Gasteiger partial charge in [-0.3, -0.25) is 0 Å². The molecule has 0 aliphatic carbocycles. The number of ether oxygens (including phenoxy) is 10. The smallest absolute Gasteiger partial charge is 0.126 e. The van der Waals surface area contributed by atoms with E-state index in [1.54, 1.807) is 6.07 Å². The van der Waals surface area contributed by atoms with Crippen molar-refractivity contribution in [2.75, 3.05) is 66.1 Å². The van der Waals surface area contributed by atoms with Gasteiger partial charge in [0, 0.05) is 11.6 Å². The van der Waals surface area contributed by atoms with Crippen LogP contribution in [0.5, 0.6) is 46.0 Å². The molecule has 4 saturated heterocycles. The van der Waals surface area contributed by atoms with Gasteiger partial charge in [0.25, 0.3) is 0 Å². The maximum absolute atomic E-state index is 9.86. The van der Waals surface area contributed by atoms with Crippen LogP contribution in [0.3, 0.4) is 0 Å². The highest BCUT2D eigenvalue weighted by atomic mass is 16.6. The first-order chi connectivity index (χ1) is 40.3. The number of aliphatic hydroxyl groups excluding tert-OH is 1. The zero-order valence-corrected chi connectivity index (χ0v) is 50.1. The topological polar surface area (TPSA) is 166 Å². The first-order valence-electron chi connectivity index (χ1n) is 30.2. The molecule has 6 aromatic carbocycles. The third-order valence-electron chi connectivity index (χ3n) is 14.4. The molecule has 85 heavy (non-hydrogen) atoms. The molecule has 4 fully saturated rings. The van der Waals surface area contributed by atoms with E-state index in [4.69, 9.17) is 47.4 Å². The van der Waals surface area contributed by atoms with E-state index in [2.05, 4.69) is 37.3 Å². The second kappa shape index (κ2) is 37.8. The minimum Gasteiger partial charge on any atom is -0.508 e. The molecule has 3 N–H and O–H groups in total. The quantitative estimate of drug-likeness (QED) is 0.0270. The minimum atomic E-state index is -0.656. The molecule has 13 heteroatoms. The average Bonchev–Trinajstić information content (AvgIpc) is 4.42. The molecule has 6 aromatic rings. The van der Waals surface area contributed by atoms with Crippen molar-refractivity contribution in [3.05, 3.63) is 166 Å². The summed E-state index contributed by atoms with van der Waals surface area (Å²) < 4.78 is 54.1. The SMILES string of the molecule is C.C.CCCCCCC(CCCCCCCc1cccc(OCC2CO2)c1)c1ccc(O)cc1.Cc1cc(O)c(C)c(OCC2CO2)c1.Cc1cc(OCC2CO2)cc(OCC2CO2)c1.Cc1cccc(OCC(O)COc2cccc(C)c2)c1. The number of aryl methyl sites for hydroxylation is 5. The van der Waals surface area contributed by atoms with Gasteiger partial charge in [-0.25, -0.2) is 0 Å². The molecule has 4 aliphatic rings. The molecule has 0 bridgehead atoms. The largest absolute Gasteiger partial charge is 0.508 e. The molecule has 10 rings (SSSR count). The second-order valence-corrected chi connectivity index (χ2v) is 22.5. The van der Waals surface area contributed by atoms with E-state index in [9.17, 15) is 15.3 Å². The van der Waals surface area contributed by atoms with Crippen LogP contribution in [0.25, 0.3) is 0 Å². The van der Waals surface area contributed by atoms with Gasteiger partial charge in [0.15, 0.2) is 0 Å². The standard InChI is InChI=1S/C29H42O3.C17H20O3.C13H16O4.C11H14O3.2CH4/c1-2-3-4-9-14-25(26-17-19-27(30)20-18-26)15-10-7-5-6-8-12-24-13-11-16-28(21-24)31-22-29-23-32-29;1-13-5-3-7-16(9-13)19-11-15(18)12-20-17-8-4-6-14(2)10-17;1-9-2-10(14-5-12-7-16-12)4-11(3-9)15-6-13-8-17-13;1-7-3-10(12)8(2)11(4-7)14-6-9-5-13-9;;/h11,13,16-21,25,29-30H,2-10,12,14-15,22-23H2,1H3;3-10,15,18H,11-12H2,1-2H3;2-4,12-13H,5-8H2,1H3;3-4,9,12H,5-6H2,1-2H3;2*1H4. The van der Waals surface area contributed by atoms with Crippen molar-refractivity contribution < 1.29 is 62.7 Å². The van der Waals surface area contributed by atoms with Crippen molar-refractivity contribution in [2.24, 2.45) is 0 Å². The van der Waals surface area contributed by atoms with Gasteiger partial charge in [-0.1, -0.05) is 122 Å². The summed E-state index contributed by atoms with van der Waals surface area (Å²) in [7, 11) is 0. The summed E-state index contributed by atoms with van der Waals surface area (Å²) in [5, 5.41) is 29.0. The Bertz CT molecular complexity index is 2700. The lowest BCUT2D eigenvalue weighted by molar-refractivity contribution is 0.0626. The fourth-order valence-electron chi connectivity index (χ4n) is 9.17. The van der Waals surface area contributed by atoms with Crippen molar-refractivity contribution in [3.8, 4) is 46.0 Å². The molecular formula is C72H100O13. The van der Waals surface area contributed by atoms with Crippen LogP contribution < -0.4 is 28.4 Å². The second-order valence-electron chi connectivity index (χ2n) is 22.5. The Labute approximate surface area is 508 Å². The summed E-state index contributed by atoms with van der Waals surface area (Å²) in [5.41, 5.74) is 7.95. The zero-order valence-electron chi connectivity index (χ0n) is 50.1. The first kappa shape index (κ1) is 69.3. The van der Waals surface area contributed by atoms with E-state index in [0.29, 0.717) is 44.2 Å². The molecule has 13 nitrogen and oxygen atoms in total.